The van der Waals surface area contributed by atoms with Gasteiger partial charge in [-0.2, -0.15) is 0 Å². The minimum Gasteiger partial charge on any atom is -0.805 e. The second-order valence-electron chi connectivity index (χ2n) is 5.36. The van der Waals surface area contributed by atoms with Gasteiger partial charge in [0.15, 0.2) is 17.4 Å². The van der Waals surface area contributed by atoms with Gasteiger partial charge in [-0.1, -0.05) is 0 Å². The van der Waals surface area contributed by atoms with Crippen molar-refractivity contribution >= 4 is 22.9 Å². The fourth-order valence-electron chi connectivity index (χ4n) is 2.37. The zero-order valence-electron chi connectivity index (χ0n) is 13.5. The lowest BCUT2D eigenvalue weighted by molar-refractivity contribution is -0.464. The fraction of sp³-hybridized carbons (Fsp3) is 0.0556. The summed E-state index contributed by atoms with van der Waals surface area (Å²) in [6.07, 6.45) is 3.12. The highest BCUT2D eigenvalue weighted by atomic mass is 19.2. The number of aromatic nitrogens is 2. The van der Waals surface area contributed by atoms with Crippen LogP contribution < -0.4 is 9.16 Å². The van der Waals surface area contributed by atoms with E-state index in [9.17, 15) is 23.7 Å². The quantitative estimate of drug-likeness (QED) is 0.408. The van der Waals surface area contributed by atoms with Gasteiger partial charge in [0.05, 0.1) is 17.6 Å². The average molecular weight is 358 g/mol. The molecule has 0 fully saturated rings. The second-order valence-corrected chi connectivity index (χ2v) is 5.36. The fourth-order valence-corrected chi connectivity index (χ4v) is 2.37. The normalized spacial score (nSPS) is 11.2. The third-order valence-corrected chi connectivity index (χ3v) is 3.74. The SMILES string of the molecule is COc1ccc(C(=O)/C=C/c2c[n+](=O)c3cc(F)c(F)cc3n2[O-])cc1. The van der Waals surface area contributed by atoms with Crippen LogP contribution in [0.2, 0.25) is 0 Å². The minimum absolute atomic E-state index is 0.194. The van der Waals surface area contributed by atoms with Crippen molar-refractivity contribution in [3.05, 3.63) is 81.7 Å². The topological polar surface area (TPSA) is 77.3 Å². The summed E-state index contributed by atoms with van der Waals surface area (Å²) in [6, 6.07) is 7.57. The monoisotopic (exact) mass is 358 g/mol. The predicted molar refractivity (Wildman–Crippen MR) is 90.3 cm³/mol. The number of benzene rings is 2. The van der Waals surface area contributed by atoms with Crippen molar-refractivity contribution in [1.82, 2.24) is 4.73 Å². The first-order chi connectivity index (χ1) is 12.4. The maximum atomic E-state index is 13.4. The number of nitrogens with zero attached hydrogens (tertiary/aromatic N) is 2. The summed E-state index contributed by atoms with van der Waals surface area (Å²) < 4.78 is 32.1. The van der Waals surface area contributed by atoms with Gasteiger partial charge >= 0.3 is 0 Å². The van der Waals surface area contributed by atoms with Gasteiger partial charge in [0.2, 0.25) is 0 Å². The van der Waals surface area contributed by atoms with Crippen molar-refractivity contribution in [1.29, 1.82) is 0 Å². The van der Waals surface area contributed by atoms with Gasteiger partial charge in [-0.15, -0.1) is 0 Å². The molecular formula is C18H12F2N2O4. The molecule has 6 nitrogen and oxygen atoms in total. The summed E-state index contributed by atoms with van der Waals surface area (Å²) in [5.41, 5.74) is -0.515. The number of halogens is 2. The first kappa shape index (κ1) is 17.3. The number of methoxy groups -OCH3 is 1. The highest BCUT2D eigenvalue weighted by molar-refractivity contribution is 6.06. The van der Waals surface area contributed by atoms with E-state index in [0.717, 1.165) is 18.3 Å². The van der Waals surface area contributed by atoms with Crippen molar-refractivity contribution in [2.45, 2.75) is 0 Å². The molecule has 0 atom stereocenters. The number of fused-ring (bicyclic) bond motifs is 1. The first-order valence-electron chi connectivity index (χ1n) is 7.41. The summed E-state index contributed by atoms with van der Waals surface area (Å²) in [5, 5.41) is 12.3. The van der Waals surface area contributed by atoms with Crippen LogP contribution in [0.4, 0.5) is 8.78 Å². The molecule has 0 saturated heterocycles. The van der Waals surface area contributed by atoms with E-state index in [4.69, 9.17) is 4.74 Å². The predicted octanol–water partition coefficient (Wildman–Crippen LogP) is 3.08. The highest BCUT2D eigenvalue weighted by Gasteiger charge is 2.15. The lowest BCUT2D eigenvalue weighted by Crippen LogP contribution is -2.19. The Morgan fingerprint density at radius 3 is 2.50 bits per heavy atom. The molecule has 0 bridgehead atoms. The van der Waals surface area contributed by atoms with Crippen molar-refractivity contribution in [3.8, 4) is 5.75 Å². The first-order valence-corrected chi connectivity index (χ1v) is 7.41. The van der Waals surface area contributed by atoms with Gasteiger partial charge < -0.3 is 14.7 Å². The number of ether oxygens (including phenoxy) is 1. The zero-order chi connectivity index (χ0) is 18.8. The van der Waals surface area contributed by atoms with Crippen molar-refractivity contribution in [2.24, 2.45) is 0 Å². The van der Waals surface area contributed by atoms with Crippen LogP contribution in [0.25, 0.3) is 17.1 Å². The lowest BCUT2D eigenvalue weighted by atomic mass is 10.1. The van der Waals surface area contributed by atoms with Crippen LogP contribution in [-0.4, -0.2) is 17.6 Å². The number of hydrogen-bond donors (Lipinski definition) is 0. The van der Waals surface area contributed by atoms with Crippen molar-refractivity contribution in [2.75, 3.05) is 7.11 Å². The minimum atomic E-state index is -1.25. The smallest absolute Gasteiger partial charge is 0.289 e. The Labute approximate surface area is 145 Å². The van der Waals surface area contributed by atoms with E-state index in [1.165, 1.54) is 7.11 Å². The van der Waals surface area contributed by atoms with E-state index in [-0.39, 0.29) is 25.9 Å². The molecular weight excluding hydrogens is 346 g/mol. The summed E-state index contributed by atoms with van der Waals surface area (Å²) in [6.45, 7) is 0. The third kappa shape index (κ3) is 3.16. The van der Waals surface area contributed by atoms with Crippen LogP contribution in [0.3, 0.4) is 0 Å². The largest absolute Gasteiger partial charge is 0.805 e. The molecule has 132 valence electrons. The maximum absolute atomic E-state index is 13.4. The number of carbonyl (C=O) groups is 1. The molecule has 1 aromatic heterocycles. The molecule has 0 unspecified atom stereocenters. The molecule has 0 saturated carbocycles. The van der Waals surface area contributed by atoms with E-state index in [1.54, 1.807) is 24.3 Å². The Morgan fingerprint density at radius 2 is 1.85 bits per heavy atom. The number of carbonyl (C=O) groups excluding carboxylic acids is 1. The number of hydrogen-bond acceptors (Lipinski definition) is 4. The van der Waals surface area contributed by atoms with Crippen LogP contribution in [-0.2, 0) is 0 Å². The van der Waals surface area contributed by atoms with Gasteiger partial charge in [0.25, 0.3) is 11.7 Å². The second kappa shape index (κ2) is 6.75. The molecule has 0 aliphatic carbocycles. The summed E-state index contributed by atoms with van der Waals surface area (Å²) in [7, 11) is 1.50. The molecule has 0 N–H and O–H groups in total. The van der Waals surface area contributed by atoms with E-state index in [1.807, 2.05) is 0 Å². The molecule has 0 amide bonds. The van der Waals surface area contributed by atoms with Crippen LogP contribution in [0.15, 0.2) is 48.7 Å². The average Bonchev–Trinajstić information content (AvgIpc) is 2.65. The van der Waals surface area contributed by atoms with Crippen LogP contribution in [0.1, 0.15) is 16.1 Å². The van der Waals surface area contributed by atoms with E-state index < -0.39 is 17.4 Å². The molecule has 0 spiro atoms. The molecule has 3 rings (SSSR count). The number of allylic oxidation sites excluding steroid dienone is 1. The van der Waals surface area contributed by atoms with Gasteiger partial charge in [0, 0.05) is 16.5 Å². The molecule has 3 aromatic rings. The van der Waals surface area contributed by atoms with Gasteiger partial charge in [-0.05, 0) is 36.4 Å². The Hall–Kier alpha value is -3.55. The summed E-state index contributed by atoms with van der Waals surface area (Å²) in [5.74, 6) is -2.31. The Morgan fingerprint density at radius 1 is 1.19 bits per heavy atom. The highest BCUT2D eigenvalue weighted by Crippen LogP contribution is 2.17. The van der Waals surface area contributed by atoms with Gasteiger partial charge in [-0.3, -0.25) is 4.79 Å². The van der Waals surface area contributed by atoms with E-state index in [0.29, 0.717) is 23.4 Å². The van der Waals surface area contributed by atoms with E-state index in [2.05, 4.69) is 0 Å². The molecule has 0 radical (unpaired) electrons. The lowest BCUT2D eigenvalue weighted by Gasteiger charge is -2.14. The Balaban J connectivity index is 1.98. The summed E-state index contributed by atoms with van der Waals surface area (Å²) >= 11 is 0. The third-order valence-electron chi connectivity index (χ3n) is 3.74. The number of ketones is 1. The van der Waals surface area contributed by atoms with Crippen LogP contribution >= 0.6 is 0 Å². The van der Waals surface area contributed by atoms with Crippen LogP contribution in [0, 0.1) is 21.7 Å². The van der Waals surface area contributed by atoms with Gasteiger partial charge in [-0.25, -0.2) is 8.78 Å². The zero-order valence-corrected chi connectivity index (χ0v) is 13.5. The van der Waals surface area contributed by atoms with Gasteiger partial charge in [0.1, 0.15) is 17.0 Å². The molecule has 8 heteroatoms. The number of rotatable bonds is 4. The molecule has 0 aliphatic rings. The Kier molecular flexibility index (Phi) is 4.49. The Bertz CT molecular complexity index is 1090. The molecule has 2 aromatic carbocycles. The van der Waals surface area contributed by atoms with Crippen molar-refractivity contribution in [3.63, 3.8) is 0 Å². The molecule has 26 heavy (non-hydrogen) atoms. The summed E-state index contributed by atoms with van der Waals surface area (Å²) in [4.78, 5) is 24.1. The van der Waals surface area contributed by atoms with Crippen molar-refractivity contribution < 1.29 is 22.7 Å². The van der Waals surface area contributed by atoms with E-state index >= 15 is 0 Å². The molecule has 0 aliphatic heterocycles. The maximum Gasteiger partial charge on any atom is 0.289 e. The molecule has 1 heterocycles. The van der Waals surface area contributed by atoms with Crippen LogP contribution in [0.5, 0.6) is 5.75 Å². The standard InChI is InChI=1S/C18H12F2N2O4/c1-26-13-5-2-11(3-6-13)18(23)7-4-12-10-21(24)16-8-14(19)15(20)9-17(16)22(12)25/h2-10H,1H3/b7-4+.